The normalized spacial score (nSPS) is 16.1. The van der Waals surface area contributed by atoms with Gasteiger partial charge in [-0.15, -0.1) is 0 Å². The number of Topliss-reactive ketones (excluding diaryl/α,β-unsaturated/α-hetero) is 1. The number of morpholine rings is 1. The fourth-order valence-electron chi connectivity index (χ4n) is 4.36. The molecule has 2 aliphatic rings. The number of fused-ring (bicyclic) bond motifs is 3. The molecule has 0 aliphatic carbocycles. The van der Waals surface area contributed by atoms with Crippen molar-refractivity contribution >= 4 is 23.1 Å². The zero-order valence-electron chi connectivity index (χ0n) is 17.5. The molecule has 0 atom stereocenters. The number of rotatable bonds is 3. The number of pyridine rings is 1. The van der Waals surface area contributed by atoms with Crippen molar-refractivity contribution in [2.75, 3.05) is 43.1 Å². The molecule has 8 nitrogen and oxygen atoms in total. The number of anilines is 2. The summed E-state index contributed by atoms with van der Waals surface area (Å²) in [5.74, 6) is 1.53. The van der Waals surface area contributed by atoms with E-state index in [-0.39, 0.29) is 5.78 Å². The van der Waals surface area contributed by atoms with E-state index in [2.05, 4.69) is 20.3 Å². The van der Waals surface area contributed by atoms with Gasteiger partial charge < -0.3 is 15.0 Å². The summed E-state index contributed by atoms with van der Waals surface area (Å²) in [5.41, 5.74) is 5.14. The van der Waals surface area contributed by atoms with Crippen molar-refractivity contribution in [2.24, 2.45) is 0 Å². The van der Waals surface area contributed by atoms with Gasteiger partial charge in [-0.1, -0.05) is 36.4 Å². The van der Waals surface area contributed by atoms with Crippen molar-refractivity contribution in [2.45, 2.75) is 6.42 Å². The number of carbonyl (C=O) groups is 1. The van der Waals surface area contributed by atoms with Crippen molar-refractivity contribution < 1.29 is 9.53 Å². The van der Waals surface area contributed by atoms with E-state index in [1.54, 1.807) is 10.7 Å². The highest BCUT2D eigenvalue weighted by atomic mass is 16.5. The first-order valence-electron chi connectivity index (χ1n) is 10.8. The van der Waals surface area contributed by atoms with Crippen molar-refractivity contribution in [3.63, 3.8) is 0 Å². The van der Waals surface area contributed by atoms with Gasteiger partial charge in [-0.3, -0.25) is 9.78 Å². The van der Waals surface area contributed by atoms with Crippen LogP contribution < -0.4 is 10.2 Å². The zero-order chi connectivity index (χ0) is 21.5. The number of hydrogen-bond acceptors (Lipinski definition) is 7. The maximum absolute atomic E-state index is 12.9. The Labute approximate surface area is 184 Å². The molecule has 160 valence electrons. The molecule has 6 rings (SSSR count). The van der Waals surface area contributed by atoms with Crippen LogP contribution in [-0.4, -0.2) is 58.2 Å². The molecule has 4 aromatic rings. The van der Waals surface area contributed by atoms with E-state index in [1.165, 1.54) is 0 Å². The molecule has 1 aromatic carbocycles. The third-order valence-corrected chi connectivity index (χ3v) is 6.01. The van der Waals surface area contributed by atoms with Crippen molar-refractivity contribution in [3.05, 3.63) is 60.4 Å². The Kier molecular flexibility index (Phi) is 4.57. The summed E-state index contributed by atoms with van der Waals surface area (Å²) < 4.78 is 7.26. The second-order valence-electron chi connectivity index (χ2n) is 7.95. The average molecular weight is 426 g/mol. The zero-order valence-corrected chi connectivity index (χ0v) is 17.5. The lowest BCUT2D eigenvalue weighted by atomic mass is 10.0. The number of aromatic nitrogens is 4. The summed E-state index contributed by atoms with van der Waals surface area (Å²) in [6.07, 6.45) is 4.11. The minimum absolute atomic E-state index is 0.0978. The Morgan fingerprint density at radius 2 is 1.81 bits per heavy atom. The van der Waals surface area contributed by atoms with E-state index < -0.39 is 0 Å². The molecule has 0 unspecified atom stereocenters. The maximum atomic E-state index is 12.9. The summed E-state index contributed by atoms with van der Waals surface area (Å²) in [6.45, 7) is 3.26. The molecule has 1 saturated heterocycles. The largest absolute Gasteiger partial charge is 0.378 e. The first-order valence-corrected chi connectivity index (χ1v) is 10.8. The summed E-state index contributed by atoms with van der Waals surface area (Å²) in [4.78, 5) is 24.6. The lowest BCUT2D eigenvalue weighted by Crippen LogP contribution is -2.38. The standard InChI is InChI=1S/C24H22N6O2/c31-20-8-9-25-23-21(20)24(29-10-12-32-13-11-29)28-22-18(15-27-30(22)23)17-6-7-19(26-14-17)16-4-2-1-3-5-16/h1-7,14-15,25H,8-13H2. The number of nitrogens with zero attached hydrogens (tertiary/aromatic N) is 5. The fraction of sp³-hybridized carbons (Fsp3) is 0.250. The molecular formula is C24H22N6O2. The molecule has 5 heterocycles. The van der Waals surface area contributed by atoms with Crippen LogP contribution in [0.1, 0.15) is 16.8 Å². The molecule has 1 fully saturated rings. The quantitative estimate of drug-likeness (QED) is 0.538. The van der Waals surface area contributed by atoms with E-state index >= 15 is 0 Å². The van der Waals surface area contributed by atoms with Crippen LogP contribution in [0.15, 0.2) is 54.9 Å². The van der Waals surface area contributed by atoms with Crippen LogP contribution in [-0.2, 0) is 4.74 Å². The fourth-order valence-corrected chi connectivity index (χ4v) is 4.36. The smallest absolute Gasteiger partial charge is 0.172 e. The molecule has 8 heteroatoms. The molecule has 0 radical (unpaired) electrons. The highest BCUT2D eigenvalue weighted by Gasteiger charge is 2.30. The van der Waals surface area contributed by atoms with Gasteiger partial charge >= 0.3 is 0 Å². The first kappa shape index (κ1) is 18.9. The molecule has 2 aliphatic heterocycles. The predicted octanol–water partition coefficient (Wildman–Crippen LogP) is 3.29. The number of ketones is 1. The summed E-state index contributed by atoms with van der Waals surface area (Å²) in [6, 6.07) is 14.1. The van der Waals surface area contributed by atoms with Crippen molar-refractivity contribution in [3.8, 4) is 22.4 Å². The third-order valence-electron chi connectivity index (χ3n) is 6.01. The lowest BCUT2D eigenvalue weighted by molar-refractivity contribution is 0.0980. The summed E-state index contributed by atoms with van der Waals surface area (Å²) >= 11 is 0. The van der Waals surface area contributed by atoms with Crippen LogP contribution in [0.5, 0.6) is 0 Å². The van der Waals surface area contributed by atoms with Gasteiger partial charge in [0.1, 0.15) is 17.2 Å². The van der Waals surface area contributed by atoms with Gasteiger partial charge in [0.15, 0.2) is 11.4 Å². The van der Waals surface area contributed by atoms with E-state index in [0.29, 0.717) is 62.1 Å². The molecule has 3 aromatic heterocycles. The first-order chi connectivity index (χ1) is 15.8. The Morgan fingerprint density at radius 1 is 0.969 bits per heavy atom. The molecule has 0 amide bonds. The molecule has 0 bridgehead atoms. The Morgan fingerprint density at radius 3 is 2.59 bits per heavy atom. The van der Waals surface area contributed by atoms with Gasteiger partial charge in [-0.25, -0.2) is 4.98 Å². The van der Waals surface area contributed by atoms with Crippen LogP contribution in [0, 0.1) is 0 Å². The highest BCUT2D eigenvalue weighted by Crippen LogP contribution is 2.35. The van der Waals surface area contributed by atoms with Gasteiger partial charge in [0, 0.05) is 48.9 Å². The summed E-state index contributed by atoms with van der Waals surface area (Å²) in [7, 11) is 0. The predicted molar refractivity (Wildman–Crippen MR) is 122 cm³/mol. The minimum atomic E-state index is 0.0978. The lowest BCUT2D eigenvalue weighted by Gasteiger charge is -2.31. The van der Waals surface area contributed by atoms with Gasteiger partial charge in [0.05, 0.1) is 25.1 Å². The van der Waals surface area contributed by atoms with E-state index in [9.17, 15) is 4.79 Å². The molecule has 32 heavy (non-hydrogen) atoms. The molecule has 1 N–H and O–H groups in total. The van der Waals surface area contributed by atoms with Crippen LogP contribution >= 0.6 is 0 Å². The van der Waals surface area contributed by atoms with E-state index in [4.69, 9.17) is 9.72 Å². The minimum Gasteiger partial charge on any atom is -0.378 e. The average Bonchev–Trinajstić information content (AvgIpc) is 3.29. The summed E-state index contributed by atoms with van der Waals surface area (Å²) in [5, 5.41) is 7.96. The SMILES string of the molecule is O=C1CCNc2c1c(N1CCOCC1)nc1c(-c3ccc(-c4ccccc4)nc3)cnn21. The Balaban J connectivity index is 1.48. The van der Waals surface area contributed by atoms with Crippen LogP contribution in [0.4, 0.5) is 11.6 Å². The molecule has 0 spiro atoms. The van der Waals surface area contributed by atoms with Gasteiger partial charge in [-0.05, 0) is 6.07 Å². The molecule has 0 saturated carbocycles. The van der Waals surface area contributed by atoms with Crippen molar-refractivity contribution in [1.29, 1.82) is 0 Å². The monoisotopic (exact) mass is 426 g/mol. The number of nitrogens with one attached hydrogen (secondary N) is 1. The number of carbonyl (C=O) groups excluding carboxylic acids is 1. The second-order valence-corrected chi connectivity index (χ2v) is 7.95. The van der Waals surface area contributed by atoms with Crippen LogP contribution in [0.25, 0.3) is 28.0 Å². The van der Waals surface area contributed by atoms with Crippen molar-refractivity contribution in [1.82, 2.24) is 19.6 Å². The van der Waals surface area contributed by atoms with Crippen LogP contribution in [0.3, 0.4) is 0 Å². The van der Waals surface area contributed by atoms with Gasteiger partial charge in [0.25, 0.3) is 0 Å². The Bertz CT molecular complexity index is 1290. The maximum Gasteiger partial charge on any atom is 0.172 e. The van der Waals surface area contributed by atoms with Gasteiger partial charge in [0.2, 0.25) is 0 Å². The second kappa shape index (κ2) is 7.72. The number of hydrogen-bond donors (Lipinski definition) is 1. The van der Waals surface area contributed by atoms with E-state index in [1.807, 2.05) is 48.7 Å². The van der Waals surface area contributed by atoms with Crippen LogP contribution in [0.2, 0.25) is 0 Å². The number of ether oxygens (including phenoxy) is 1. The number of benzene rings is 1. The van der Waals surface area contributed by atoms with Gasteiger partial charge in [-0.2, -0.15) is 9.61 Å². The van der Waals surface area contributed by atoms with E-state index in [0.717, 1.165) is 22.4 Å². The third kappa shape index (κ3) is 3.11. The molecular weight excluding hydrogens is 404 g/mol. The topological polar surface area (TPSA) is 84.7 Å². The highest BCUT2D eigenvalue weighted by molar-refractivity contribution is 6.07. The Hall–Kier alpha value is -3.78.